The SMILES string of the molecule is Cl.FC(F)(F)c1ccccc1-c1ncc2[nH]cnc2n1. The zero-order valence-corrected chi connectivity index (χ0v) is 10.7. The van der Waals surface area contributed by atoms with Crippen molar-refractivity contribution in [1.82, 2.24) is 19.9 Å². The summed E-state index contributed by atoms with van der Waals surface area (Å²) < 4.78 is 38.7. The van der Waals surface area contributed by atoms with Gasteiger partial charge in [-0.3, -0.25) is 0 Å². The van der Waals surface area contributed by atoms with Crippen molar-refractivity contribution in [3.05, 3.63) is 42.4 Å². The lowest BCUT2D eigenvalue weighted by Crippen LogP contribution is -2.08. The minimum absolute atomic E-state index is 0. The molecular formula is C12H8ClF3N4. The van der Waals surface area contributed by atoms with Gasteiger partial charge >= 0.3 is 6.18 Å². The molecular weight excluding hydrogens is 293 g/mol. The van der Waals surface area contributed by atoms with E-state index in [0.717, 1.165) is 6.07 Å². The average molecular weight is 301 g/mol. The Kier molecular flexibility index (Phi) is 3.63. The summed E-state index contributed by atoms with van der Waals surface area (Å²) in [4.78, 5) is 14.7. The van der Waals surface area contributed by atoms with Gasteiger partial charge in [0.1, 0.15) is 5.52 Å². The second kappa shape index (κ2) is 5.09. The number of nitrogens with zero attached hydrogens (tertiary/aromatic N) is 3. The Balaban J connectivity index is 0.00000147. The Morgan fingerprint density at radius 3 is 2.55 bits per heavy atom. The summed E-state index contributed by atoms with van der Waals surface area (Å²) in [5, 5.41) is 0. The topological polar surface area (TPSA) is 54.5 Å². The third kappa shape index (κ3) is 2.44. The standard InChI is InChI=1S/C12H7F3N4.ClH/c13-12(14,15)8-4-2-1-3-7(8)10-16-5-9-11(19-10)18-6-17-9;/h1-6H,(H,16,17,18,19);1H. The highest BCUT2D eigenvalue weighted by Crippen LogP contribution is 2.35. The van der Waals surface area contributed by atoms with Gasteiger partial charge in [0.2, 0.25) is 0 Å². The lowest BCUT2D eigenvalue weighted by atomic mass is 10.1. The molecule has 0 bridgehead atoms. The van der Waals surface area contributed by atoms with E-state index < -0.39 is 11.7 Å². The fraction of sp³-hybridized carbons (Fsp3) is 0.0833. The summed E-state index contributed by atoms with van der Waals surface area (Å²) in [5.74, 6) is 0.00697. The van der Waals surface area contributed by atoms with Crippen molar-refractivity contribution in [3.63, 3.8) is 0 Å². The third-order valence-electron chi connectivity index (χ3n) is 2.65. The number of aromatic amines is 1. The average Bonchev–Trinajstić information content (AvgIpc) is 2.85. The van der Waals surface area contributed by atoms with Crippen molar-refractivity contribution >= 4 is 23.6 Å². The molecule has 0 atom stereocenters. The van der Waals surface area contributed by atoms with Crippen molar-refractivity contribution in [3.8, 4) is 11.4 Å². The predicted molar refractivity (Wildman–Crippen MR) is 69.4 cm³/mol. The van der Waals surface area contributed by atoms with Crippen molar-refractivity contribution in [2.24, 2.45) is 0 Å². The molecule has 0 aliphatic carbocycles. The molecule has 8 heteroatoms. The van der Waals surface area contributed by atoms with Crippen LogP contribution in [0.15, 0.2) is 36.8 Å². The van der Waals surface area contributed by atoms with Gasteiger partial charge in [-0.15, -0.1) is 12.4 Å². The van der Waals surface area contributed by atoms with E-state index in [0.29, 0.717) is 11.2 Å². The van der Waals surface area contributed by atoms with E-state index in [-0.39, 0.29) is 23.8 Å². The van der Waals surface area contributed by atoms with Gasteiger partial charge in [-0.2, -0.15) is 13.2 Å². The van der Waals surface area contributed by atoms with Crippen LogP contribution in [-0.2, 0) is 6.18 Å². The van der Waals surface area contributed by atoms with Crippen LogP contribution in [0.3, 0.4) is 0 Å². The van der Waals surface area contributed by atoms with E-state index in [4.69, 9.17) is 0 Å². The second-order valence-electron chi connectivity index (χ2n) is 3.88. The molecule has 2 aromatic heterocycles. The van der Waals surface area contributed by atoms with Gasteiger partial charge in [0.15, 0.2) is 11.5 Å². The van der Waals surface area contributed by atoms with Crippen LogP contribution in [0.4, 0.5) is 13.2 Å². The molecule has 20 heavy (non-hydrogen) atoms. The first kappa shape index (κ1) is 14.3. The number of alkyl halides is 3. The largest absolute Gasteiger partial charge is 0.417 e. The molecule has 0 saturated heterocycles. The summed E-state index contributed by atoms with van der Waals surface area (Å²) >= 11 is 0. The van der Waals surface area contributed by atoms with Crippen LogP contribution in [0, 0.1) is 0 Å². The summed E-state index contributed by atoms with van der Waals surface area (Å²) in [6.07, 6.45) is -1.61. The maximum atomic E-state index is 12.9. The second-order valence-corrected chi connectivity index (χ2v) is 3.88. The first-order chi connectivity index (χ1) is 9.05. The van der Waals surface area contributed by atoms with Gasteiger partial charge in [0.05, 0.1) is 18.1 Å². The highest BCUT2D eigenvalue weighted by atomic mass is 35.5. The maximum absolute atomic E-state index is 12.9. The number of fused-ring (bicyclic) bond motifs is 1. The Labute approximate surface area is 117 Å². The van der Waals surface area contributed by atoms with Gasteiger partial charge < -0.3 is 4.98 Å². The fourth-order valence-corrected chi connectivity index (χ4v) is 1.79. The summed E-state index contributed by atoms with van der Waals surface area (Å²) in [6.45, 7) is 0. The van der Waals surface area contributed by atoms with Crippen LogP contribution in [0.25, 0.3) is 22.6 Å². The minimum Gasteiger partial charge on any atom is -0.342 e. The smallest absolute Gasteiger partial charge is 0.342 e. The highest BCUT2D eigenvalue weighted by Gasteiger charge is 2.34. The molecule has 0 saturated carbocycles. The van der Waals surface area contributed by atoms with E-state index >= 15 is 0 Å². The number of hydrogen-bond acceptors (Lipinski definition) is 3. The molecule has 1 N–H and O–H groups in total. The lowest BCUT2D eigenvalue weighted by Gasteiger charge is -2.11. The molecule has 4 nitrogen and oxygen atoms in total. The van der Waals surface area contributed by atoms with Crippen LogP contribution >= 0.6 is 12.4 Å². The number of nitrogens with one attached hydrogen (secondary N) is 1. The zero-order valence-electron chi connectivity index (χ0n) is 9.85. The molecule has 0 fully saturated rings. The summed E-state index contributed by atoms with van der Waals surface area (Å²) in [5.41, 5.74) is 0.0972. The fourth-order valence-electron chi connectivity index (χ4n) is 1.79. The van der Waals surface area contributed by atoms with E-state index in [1.165, 1.54) is 30.7 Å². The van der Waals surface area contributed by atoms with Crippen LogP contribution in [-0.4, -0.2) is 19.9 Å². The maximum Gasteiger partial charge on any atom is 0.417 e. The van der Waals surface area contributed by atoms with Crippen LogP contribution in [0.1, 0.15) is 5.56 Å². The van der Waals surface area contributed by atoms with Crippen LogP contribution in [0.2, 0.25) is 0 Å². The van der Waals surface area contributed by atoms with Crippen molar-refractivity contribution in [2.45, 2.75) is 6.18 Å². The van der Waals surface area contributed by atoms with E-state index in [9.17, 15) is 13.2 Å². The number of H-pyrrole nitrogens is 1. The Morgan fingerprint density at radius 1 is 1.05 bits per heavy atom. The molecule has 3 aromatic rings. The van der Waals surface area contributed by atoms with Crippen molar-refractivity contribution in [1.29, 1.82) is 0 Å². The first-order valence-electron chi connectivity index (χ1n) is 5.38. The van der Waals surface area contributed by atoms with Gasteiger partial charge in [-0.05, 0) is 6.07 Å². The molecule has 0 unspecified atom stereocenters. The van der Waals surface area contributed by atoms with Crippen molar-refractivity contribution < 1.29 is 13.2 Å². The first-order valence-corrected chi connectivity index (χ1v) is 5.38. The minimum atomic E-state index is -4.44. The number of rotatable bonds is 1. The third-order valence-corrected chi connectivity index (χ3v) is 2.65. The zero-order chi connectivity index (χ0) is 13.5. The van der Waals surface area contributed by atoms with Gasteiger partial charge in [-0.1, -0.05) is 18.2 Å². The molecule has 0 aliphatic heterocycles. The normalized spacial score (nSPS) is 11.3. The summed E-state index contributed by atoms with van der Waals surface area (Å²) in [6, 6.07) is 5.20. The van der Waals surface area contributed by atoms with Crippen LogP contribution in [0.5, 0.6) is 0 Å². The lowest BCUT2D eigenvalue weighted by molar-refractivity contribution is -0.137. The molecule has 0 radical (unpaired) electrons. The Morgan fingerprint density at radius 2 is 1.80 bits per heavy atom. The van der Waals surface area contributed by atoms with Gasteiger partial charge in [-0.25, -0.2) is 15.0 Å². The number of benzene rings is 1. The number of aromatic nitrogens is 4. The van der Waals surface area contributed by atoms with Gasteiger partial charge in [0.25, 0.3) is 0 Å². The predicted octanol–water partition coefficient (Wildman–Crippen LogP) is 3.46. The van der Waals surface area contributed by atoms with Crippen LogP contribution < -0.4 is 0 Å². The Bertz CT molecular complexity index is 739. The highest BCUT2D eigenvalue weighted by molar-refractivity contribution is 5.85. The molecule has 1 aromatic carbocycles. The molecule has 0 spiro atoms. The number of halogens is 4. The van der Waals surface area contributed by atoms with E-state index in [2.05, 4.69) is 19.9 Å². The van der Waals surface area contributed by atoms with Gasteiger partial charge in [0, 0.05) is 5.56 Å². The molecule has 104 valence electrons. The molecule has 0 aliphatic rings. The summed E-state index contributed by atoms with van der Waals surface area (Å²) in [7, 11) is 0. The molecule has 2 heterocycles. The molecule has 0 amide bonds. The van der Waals surface area contributed by atoms with Crippen molar-refractivity contribution in [2.75, 3.05) is 0 Å². The monoisotopic (exact) mass is 300 g/mol. The number of hydrogen-bond donors (Lipinski definition) is 1. The van der Waals surface area contributed by atoms with E-state index in [1.807, 2.05) is 0 Å². The quantitative estimate of drug-likeness (QED) is 0.749. The molecule has 3 rings (SSSR count). The Hall–Kier alpha value is -2.15. The van der Waals surface area contributed by atoms with E-state index in [1.54, 1.807) is 0 Å². The number of imidazole rings is 1.